The van der Waals surface area contributed by atoms with Gasteiger partial charge in [-0.15, -0.1) is 0 Å². The van der Waals surface area contributed by atoms with Gasteiger partial charge < -0.3 is 9.13 Å². The zero-order chi connectivity index (χ0) is 42.2. The third kappa shape index (κ3) is 5.43. The van der Waals surface area contributed by atoms with Crippen molar-refractivity contribution in [3.63, 3.8) is 0 Å². The predicted octanol–water partition coefficient (Wildman–Crippen LogP) is 13.5. The van der Waals surface area contributed by atoms with Gasteiger partial charge in [0, 0.05) is 38.4 Å². The summed E-state index contributed by atoms with van der Waals surface area (Å²) in [7, 11) is 0. The van der Waals surface area contributed by atoms with Crippen LogP contribution in [0.2, 0.25) is 0 Å². The molecule has 0 amide bonds. The SMILES string of the molecule is [C-]#[N+]c1ccc2c(c1)c1cc([N+]#[C-])ccc1n2-c1nc(-c2ccccc2)nc(-c2ccc(-n3c4ccccc4c4cc5c6ccccc6n(-c6ccccc6)c5cc43)c(C#N)c2)n1. The van der Waals surface area contributed by atoms with E-state index in [-0.39, 0.29) is 0 Å². The van der Waals surface area contributed by atoms with E-state index in [1.165, 1.54) is 5.39 Å². The van der Waals surface area contributed by atoms with Crippen LogP contribution in [0.4, 0.5) is 11.4 Å². The first kappa shape index (κ1) is 35.6. The summed E-state index contributed by atoms with van der Waals surface area (Å²) in [6.45, 7) is 15.4. The van der Waals surface area contributed by atoms with Crippen LogP contribution in [0.15, 0.2) is 176 Å². The minimum absolute atomic E-state index is 0.368. The highest BCUT2D eigenvalue weighted by Crippen LogP contribution is 2.41. The van der Waals surface area contributed by atoms with Crippen molar-refractivity contribution in [1.29, 1.82) is 5.26 Å². The lowest BCUT2D eigenvalue weighted by Gasteiger charge is -2.13. The van der Waals surface area contributed by atoms with Gasteiger partial charge in [0.25, 0.3) is 0 Å². The van der Waals surface area contributed by atoms with Crippen molar-refractivity contribution in [3.05, 3.63) is 204 Å². The molecule has 0 aliphatic carbocycles. The molecule has 12 rings (SSSR count). The van der Waals surface area contributed by atoms with E-state index in [2.05, 4.69) is 104 Å². The fraction of sp³-hybridized carbons (Fsp3) is 0. The number of fused-ring (bicyclic) bond motifs is 9. The Kier molecular flexibility index (Phi) is 7.83. The quantitative estimate of drug-likeness (QED) is 0.162. The maximum absolute atomic E-state index is 11.0. The number of hydrogen-bond donors (Lipinski definition) is 0. The maximum atomic E-state index is 11.0. The molecule has 290 valence electrons. The summed E-state index contributed by atoms with van der Waals surface area (Å²) in [5, 5.41) is 17.1. The molecule has 8 aromatic carbocycles. The second kappa shape index (κ2) is 13.9. The summed E-state index contributed by atoms with van der Waals surface area (Å²) in [6, 6.07) is 61.0. The maximum Gasteiger partial charge on any atom is 0.238 e. The number of hydrogen-bond acceptors (Lipinski definition) is 4. The van der Waals surface area contributed by atoms with Crippen LogP contribution in [-0.2, 0) is 0 Å². The van der Waals surface area contributed by atoms with Gasteiger partial charge >= 0.3 is 0 Å². The molecule has 63 heavy (non-hydrogen) atoms. The van der Waals surface area contributed by atoms with Crippen molar-refractivity contribution in [2.75, 3.05) is 0 Å². The molecule has 0 aliphatic rings. The third-order valence-corrected chi connectivity index (χ3v) is 11.9. The lowest BCUT2D eigenvalue weighted by atomic mass is 10.1. The van der Waals surface area contributed by atoms with E-state index in [9.17, 15) is 5.26 Å². The van der Waals surface area contributed by atoms with E-state index in [1.807, 2.05) is 89.5 Å². The second-order valence-electron chi connectivity index (χ2n) is 15.4. The van der Waals surface area contributed by atoms with Gasteiger partial charge in [-0.25, -0.2) is 14.7 Å². The fourth-order valence-corrected chi connectivity index (χ4v) is 9.17. The molecule has 0 radical (unpaired) electrons. The molecule has 0 atom stereocenters. The first-order valence-corrected chi connectivity index (χ1v) is 20.3. The highest BCUT2D eigenvalue weighted by atomic mass is 15.2. The van der Waals surface area contributed by atoms with Gasteiger partial charge in [0.15, 0.2) is 23.0 Å². The van der Waals surface area contributed by atoms with E-state index in [4.69, 9.17) is 28.1 Å². The Hall–Kier alpha value is -9.36. The first-order chi connectivity index (χ1) is 31.1. The molecule has 9 heteroatoms. The molecule has 0 fully saturated rings. The van der Waals surface area contributed by atoms with Crippen LogP contribution < -0.4 is 0 Å². The normalized spacial score (nSPS) is 11.4. The Morgan fingerprint density at radius 3 is 1.56 bits per heavy atom. The average molecular weight is 804 g/mol. The Morgan fingerprint density at radius 1 is 0.413 bits per heavy atom. The molecule has 0 N–H and O–H groups in total. The van der Waals surface area contributed by atoms with E-state index in [0.717, 1.165) is 77.0 Å². The molecule has 9 nitrogen and oxygen atoms in total. The minimum atomic E-state index is 0.368. The Labute approximate surface area is 359 Å². The molecule has 0 aliphatic heterocycles. The standard InChI is InChI=1S/C54H29N9/c1-56-36-22-25-48-41(28-36)42-29-37(57-2)23-26-49(42)63(48)54-59-52(33-13-5-3-6-14-33)58-53(60-54)34-21-24-45(35(27-34)32-55)62-47-20-12-10-18-40(47)44-30-43-39-17-9-11-19-46(39)61(50(43)31-51(44)62)38-15-7-4-8-16-38/h3-31H. The number of aromatic nitrogens is 6. The Balaban J connectivity index is 1.09. The number of nitriles is 1. The zero-order valence-electron chi connectivity index (χ0n) is 33.3. The van der Waals surface area contributed by atoms with Crippen molar-refractivity contribution in [3.8, 4) is 46.2 Å². The molecule has 12 aromatic rings. The van der Waals surface area contributed by atoms with E-state index >= 15 is 0 Å². The summed E-state index contributed by atoms with van der Waals surface area (Å²) < 4.78 is 6.46. The van der Waals surface area contributed by atoms with Gasteiger partial charge in [-0.3, -0.25) is 4.57 Å². The van der Waals surface area contributed by atoms with Gasteiger partial charge in [-0.2, -0.15) is 15.2 Å². The average Bonchev–Trinajstić information content (AvgIpc) is 3.97. The molecular formula is C54H29N9. The van der Waals surface area contributed by atoms with E-state index in [1.54, 1.807) is 12.1 Å². The topological polar surface area (TPSA) is 86.0 Å². The molecule has 0 saturated heterocycles. The van der Waals surface area contributed by atoms with Crippen LogP contribution in [0.25, 0.3) is 115 Å². The van der Waals surface area contributed by atoms with Crippen LogP contribution in [0, 0.1) is 24.5 Å². The molecule has 0 spiro atoms. The van der Waals surface area contributed by atoms with Crippen LogP contribution in [0.3, 0.4) is 0 Å². The largest absolute Gasteiger partial charge is 0.309 e. The zero-order valence-corrected chi connectivity index (χ0v) is 33.3. The van der Waals surface area contributed by atoms with E-state index < -0.39 is 0 Å². The van der Waals surface area contributed by atoms with E-state index in [0.29, 0.717) is 40.1 Å². The van der Waals surface area contributed by atoms with Crippen molar-refractivity contribution in [2.24, 2.45) is 0 Å². The summed E-state index contributed by atoms with van der Waals surface area (Å²) >= 11 is 0. The van der Waals surface area contributed by atoms with Gasteiger partial charge in [-0.05, 0) is 89.6 Å². The minimum Gasteiger partial charge on any atom is -0.309 e. The van der Waals surface area contributed by atoms with Crippen molar-refractivity contribution >= 4 is 76.8 Å². The van der Waals surface area contributed by atoms with Crippen LogP contribution in [-0.4, -0.2) is 28.7 Å². The summed E-state index contributed by atoms with van der Waals surface area (Å²) in [5.74, 6) is 1.22. The lowest BCUT2D eigenvalue weighted by Crippen LogP contribution is -2.07. The smallest absolute Gasteiger partial charge is 0.238 e. The highest BCUT2D eigenvalue weighted by molar-refractivity contribution is 6.19. The van der Waals surface area contributed by atoms with Gasteiger partial charge in [-0.1, -0.05) is 97.1 Å². The molecule has 0 bridgehead atoms. The first-order valence-electron chi connectivity index (χ1n) is 20.3. The molecule has 0 unspecified atom stereocenters. The number of benzene rings is 8. The summed E-state index contributed by atoms with van der Waals surface area (Å²) in [5.41, 5.74) is 10.4. The van der Waals surface area contributed by atoms with Crippen molar-refractivity contribution in [2.45, 2.75) is 0 Å². The molecule has 4 heterocycles. The third-order valence-electron chi connectivity index (χ3n) is 11.9. The molecule has 4 aromatic heterocycles. The van der Waals surface area contributed by atoms with Crippen LogP contribution >= 0.6 is 0 Å². The predicted molar refractivity (Wildman–Crippen MR) is 251 cm³/mol. The number of para-hydroxylation sites is 3. The fourth-order valence-electron chi connectivity index (χ4n) is 9.17. The van der Waals surface area contributed by atoms with Crippen molar-refractivity contribution in [1.82, 2.24) is 28.7 Å². The second-order valence-corrected chi connectivity index (χ2v) is 15.4. The van der Waals surface area contributed by atoms with Gasteiger partial charge in [0.2, 0.25) is 5.95 Å². The Bertz CT molecular complexity index is 3930. The summed E-state index contributed by atoms with van der Waals surface area (Å²) in [6.07, 6.45) is 0. The van der Waals surface area contributed by atoms with Crippen LogP contribution in [0.5, 0.6) is 0 Å². The van der Waals surface area contributed by atoms with Crippen LogP contribution in [0.1, 0.15) is 5.56 Å². The van der Waals surface area contributed by atoms with Gasteiger partial charge in [0.05, 0.1) is 57.5 Å². The van der Waals surface area contributed by atoms with Gasteiger partial charge in [0.1, 0.15) is 6.07 Å². The highest BCUT2D eigenvalue weighted by Gasteiger charge is 2.22. The Morgan fingerprint density at radius 2 is 0.937 bits per heavy atom. The lowest BCUT2D eigenvalue weighted by molar-refractivity contribution is 0.953. The number of rotatable bonds is 5. The summed E-state index contributed by atoms with van der Waals surface area (Å²) in [4.78, 5) is 22.6. The molecular weight excluding hydrogens is 775 g/mol. The monoisotopic (exact) mass is 803 g/mol. The number of nitrogens with zero attached hydrogens (tertiary/aromatic N) is 9. The van der Waals surface area contributed by atoms with Crippen molar-refractivity contribution < 1.29 is 0 Å². The molecule has 0 saturated carbocycles.